The van der Waals surface area contributed by atoms with E-state index in [4.69, 9.17) is 24.7 Å². The van der Waals surface area contributed by atoms with Crippen LogP contribution in [0.3, 0.4) is 0 Å². The number of ether oxygens (including phenoxy) is 5. The average Bonchev–Trinajstić information content (AvgIpc) is 2.82. The standard InChI is InChI=1S/C26H39NO9/c1-14(2)17(6)23(28)35-21-10-9-19(12-22(21)36-24(29)18(7)15(3)4)11-20(27)25(30)33-13-16(5)34-26(31)32-8/h9-10,12,14-18,20H,11,13,27H2,1-8H3/t16-,17?,18?,20-/m0/s1. The number of benzene rings is 1. The van der Waals surface area contributed by atoms with E-state index in [1.54, 1.807) is 19.9 Å². The van der Waals surface area contributed by atoms with Crippen molar-refractivity contribution in [2.24, 2.45) is 29.4 Å². The van der Waals surface area contributed by atoms with Gasteiger partial charge in [-0.2, -0.15) is 0 Å². The minimum atomic E-state index is -1.04. The van der Waals surface area contributed by atoms with Crippen LogP contribution in [-0.2, 0) is 35.0 Å². The lowest BCUT2D eigenvalue weighted by molar-refractivity contribution is -0.148. The third kappa shape index (κ3) is 9.85. The highest BCUT2D eigenvalue weighted by molar-refractivity contribution is 5.79. The Balaban J connectivity index is 3.01. The molecule has 0 aliphatic carbocycles. The molecule has 0 aromatic heterocycles. The van der Waals surface area contributed by atoms with E-state index >= 15 is 0 Å². The summed E-state index contributed by atoms with van der Waals surface area (Å²) in [5, 5.41) is 0. The van der Waals surface area contributed by atoms with Crippen LogP contribution in [0.15, 0.2) is 18.2 Å². The molecule has 1 rings (SSSR count). The molecule has 2 N–H and O–H groups in total. The molecule has 0 spiro atoms. The van der Waals surface area contributed by atoms with E-state index in [9.17, 15) is 19.2 Å². The fraction of sp³-hybridized carbons (Fsp3) is 0.615. The Morgan fingerprint density at radius 3 is 1.83 bits per heavy atom. The van der Waals surface area contributed by atoms with Crippen LogP contribution >= 0.6 is 0 Å². The van der Waals surface area contributed by atoms with Gasteiger partial charge in [0, 0.05) is 0 Å². The molecule has 0 heterocycles. The first-order valence-corrected chi connectivity index (χ1v) is 12.0. The maximum atomic E-state index is 12.6. The largest absolute Gasteiger partial charge is 0.508 e. The van der Waals surface area contributed by atoms with E-state index < -0.39 is 42.1 Å². The van der Waals surface area contributed by atoms with Gasteiger partial charge in [0.1, 0.15) is 18.8 Å². The summed E-state index contributed by atoms with van der Waals surface area (Å²) in [4.78, 5) is 48.6. The predicted molar refractivity (Wildman–Crippen MR) is 131 cm³/mol. The van der Waals surface area contributed by atoms with Gasteiger partial charge in [0.2, 0.25) is 0 Å². The van der Waals surface area contributed by atoms with Crippen LogP contribution in [0, 0.1) is 23.7 Å². The van der Waals surface area contributed by atoms with Crippen LogP contribution in [0.2, 0.25) is 0 Å². The van der Waals surface area contributed by atoms with E-state index in [0.29, 0.717) is 5.56 Å². The van der Waals surface area contributed by atoms with Gasteiger partial charge < -0.3 is 29.4 Å². The van der Waals surface area contributed by atoms with Gasteiger partial charge in [-0.1, -0.05) is 47.6 Å². The van der Waals surface area contributed by atoms with Crippen LogP contribution in [-0.4, -0.2) is 49.9 Å². The van der Waals surface area contributed by atoms with Gasteiger partial charge in [0.25, 0.3) is 0 Å². The molecular formula is C26H39NO9. The predicted octanol–water partition coefficient (Wildman–Crippen LogP) is 3.67. The van der Waals surface area contributed by atoms with Gasteiger partial charge in [0.05, 0.1) is 18.9 Å². The van der Waals surface area contributed by atoms with Gasteiger partial charge in [0.15, 0.2) is 11.5 Å². The fourth-order valence-electron chi connectivity index (χ4n) is 2.68. The SMILES string of the molecule is COC(=O)O[C@@H](C)COC(=O)[C@@H](N)Cc1ccc(OC(=O)C(C)C(C)C)c(OC(=O)C(C)C(C)C)c1. The van der Waals surface area contributed by atoms with Crippen molar-refractivity contribution in [1.29, 1.82) is 0 Å². The van der Waals surface area contributed by atoms with Crippen molar-refractivity contribution >= 4 is 24.1 Å². The lowest BCUT2D eigenvalue weighted by atomic mass is 9.98. The van der Waals surface area contributed by atoms with Gasteiger partial charge in [-0.25, -0.2) is 4.79 Å². The number of esters is 3. The summed E-state index contributed by atoms with van der Waals surface area (Å²) < 4.78 is 25.5. The summed E-state index contributed by atoms with van der Waals surface area (Å²) in [6.45, 7) is 12.5. The highest BCUT2D eigenvalue weighted by Crippen LogP contribution is 2.31. The first kappa shape index (κ1) is 30.9. The number of hydrogen-bond acceptors (Lipinski definition) is 10. The third-order valence-corrected chi connectivity index (χ3v) is 5.86. The molecule has 0 saturated carbocycles. The zero-order chi connectivity index (χ0) is 27.6. The molecule has 0 aliphatic heterocycles. The van der Waals surface area contributed by atoms with E-state index in [1.165, 1.54) is 26.2 Å². The molecule has 0 fully saturated rings. The van der Waals surface area contributed by atoms with Crippen molar-refractivity contribution in [3.05, 3.63) is 23.8 Å². The molecule has 1 aromatic carbocycles. The normalized spacial score (nSPS) is 14.4. The van der Waals surface area contributed by atoms with E-state index in [1.807, 2.05) is 27.7 Å². The van der Waals surface area contributed by atoms with Crippen LogP contribution in [0.5, 0.6) is 11.5 Å². The minimum Gasteiger partial charge on any atom is -0.461 e. The van der Waals surface area contributed by atoms with Gasteiger partial charge >= 0.3 is 24.1 Å². The van der Waals surface area contributed by atoms with E-state index in [0.717, 1.165) is 0 Å². The van der Waals surface area contributed by atoms with Gasteiger partial charge in [-0.15, -0.1) is 0 Å². The van der Waals surface area contributed by atoms with Crippen molar-refractivity contribution in [1.82, 2.24) is 0 Å². The quantitative estimate of drug-likeness (QED) is 0.328. The maximum Gasteiger partial charge on any atom is 0.508 e. The van der Waals surface area contributed by atoms with Crippen LogP contribution < -0.4 is 15.2 Å². The Morgan fingerprint density at radius 1 is 0.806 bits per heavy atom. The number of carbonyl (C=O) groups excluding carboxylic acids is 4. The Morgan fingerprint density at radius 2 is 1.33 bits per heavy atom. The lowest BCUT2D eigenvalue weighted by Crippen LogP contribution is -2.36. The topological polar surface area (TPSA) is 140 Å². The van der Waals surface area contributed by atoms with E-state index in [2.05, 4.69) is 4.74 Å². The number of nitrogens with two attached hydrogens (primary N) is 1. The lowest BCUT2D eigenvalue weighted by Gasteiger charge is -2.19. The van der Waals surface area contributed by atoms with Gasteiger partial charge in [-0.3, -0.25) is 14.4 Å². The molecule has 10 heteroatoms. The number of carbonyl (C=O) groups is 4. The summed E-state index contributed by atoms with van der Waals surface area (Å²) in [5.74, 6) is -2.11. The number of hydrogen-bond donors (Lipinski definition) is 1. The second kappa shape index (κ2) is 14.4. The second-order valence-corrected chi connectivity index (χ2v) is 9.51. The molecule has 4 atom stereocenters. The molecule has 2 unspecified atom stereocenters. The van der Waals surface area contributed by atoms with Crippen molar-refractivity contribution < 1.29 is 42.9 Å². The average molecular weight is 510 g/mol. The monoisotopic (exact) mass is 509 g/mol. The molecule has 0 radical (unpaired) electrons. The molecular weight excluding hydrogens is 470 g/mol. The molecule has 1 aromatic rings. The molecule has 10 nitrogen and oxygen atoms in total. The first-order valence-electron chi connectivity index (χ1n) is 12.0. The smallest absolute Gasteiger partial charge is 0.461 e. The zero-order valence-corrected chi connectivity index (χ0v) is 22.4. The molecule has 0 saturated heterocycles. The van der Waals surface area contributed by atoms with Gasteiger partial charge in [-0.05, 0) is 42.9 Å². The summed E-state index contributed by atoms with van der Waals surface area (Å²) >= 11 is 0. The Hall–Kier alpha value is -3.14. The summed E-state index contributed by atoms with van der Waals surface area (Å²) in [6, 6.07) is 3.61. The van der Waals surface area contributed by atoms with Crippen molar-refractivity contribution in [2.75, 3.05) is 13.7 Å². The maximum absolute atomic E-state index is 12.6. The highest BCUT2D eigenvalue weighted by atomic mass is 16.7. The molecule has 0 aliphatic rings. The molecule has 0 bridgehead atoms. The van der Waals surface area contributed by atoms with Crippen LogP contribution in [0.1, 0.15) is 54.0 Å². The Labute approximate surface area is 212 Å². The first-order chi connectivity index (χ1) is 16.8. The van der Waals surface area contributed by atoms with E-state index in [-0.39, 0.29) is 42.3 Å². The summed E-state index contributed by atoms with van der Waals surface area (Å²) in [6.07, 6.45) is -1.54. The highest BCUT2D eigenvalue weighted by Gasteiger charge is 2.25. The Bertz CT molecular complexity index is 913. The van der Waals surface area contributed by atoms with Crippen molar-refractivity contribution in [3.63, 3.8) is 0 Å². The van der Waals surface area contributed by atoms with Crippen LogP contribution in [0.4, 0.5) is 4.79 Å². The van der Waals surface area contributed by atoms with Crippen molar-refractivity contribution in [2.45, 2.75) is 67.0 Å². The second-order valence-electron chi connectivity index (χ2n) is 9.51. The summed E-state index contributed by atoms with van der Waals surface area (Å²) in [7, 11) is 1.17. The fourth-order valence-corrected chi connectivity index (χ4v) is 2.68. The zero-order valence-electron chi connectivity index (χ0n) is 22.4. The van der Waals surface area contributed by atoms with Crippen molar-refractivity contribution in [3.8, 4) is 11.5 Å². The summed E-state index contributed by atoms with van der Waals surface area (Å²) in [5.41, 5.74) is 6.56. The minimum absolute atomic E-state index is 0.0430. The molecule has 0 amide bonds. The molecule has 202 valence electrons. The third-order valence-electron chi connectivity index (χ3n) is 5.86. The Kier molecular flexibility index (Phi) is 12.4. The van der Waals surface area contributed by atoms with Crippen LogP contribution in [0.25, 0.3) is 0 Å². The number of rotatable bonds is 12. The number of methoxy groups -OCH3 is 1. The molecule has 36 heavy (non-hydrogen) atoms.